The van der Waals surface area contributed by atoms with Gasteiger partial charge in [0.05, 0.1) is 19.1 Å². The van der Waals surface area contributed by atoms with Gasteiger partial charge in [0.1, 0.15) is 0 Å². The zero-order valence-corrected chi connectivity index (χ0v) is 7.64. The van der Waals surface area contributed by atoms with Crippen molar-refractivity contribution in [1.29, 1.82) is 0 Å². The SMILES string of the molecule is COC(=O)C1C=CC2CCC1C2O. The van der Waals surface area contributed by atoms with Crippen molar-refractivity contribution in [3.63, 3.8) is 0 Å². The minimum absolute atomic E-state index is 0.0856. The maximum atomic E-state index is 11.3. The van der Waals surface area contributed by atoms with E-state index in [0.717, 1.165) is 12.8 Å². The molecule has 2 rings (SSSR count). The molecule has 3 heteroatoms. The lowest BCUT2D eigenvalue weighted by Gasteiger charge is -2.26. The van der Waals surface area contributed by atoms with Gasteiger partial charge in [-0.1, -0.05) is 12.2 Å². The molecule has 1 N–H and O–H groups in total. The van der Waals surface area contributed by atoms with Crippen molar-refractivity contribution < 1.29 is 14.6 Å². The van der Waals surface area contributed by atoms with E-state index in [-0.39, 0.29) is 29.8 Å². The first-order chi connectivity index (χ1) is 6.24. The van der Waals surface area contributed by atoms with E-state index in [2.05, 4.69) is 4.74 Å². The smallest absolute Gasteiger partial charge is 0.312 e. The van der Waals surface area contributed by atoms with Crippen LogP contribution in [0, 0.1) is 17.8 Å². The van der Waals surface area contributed by atoms with Crippen LogP contribution in [-0.2, 0) is 9.53 Å². The summed E-state index contributed by atoms with van der Waals surface area (Å²) in [5.41, 5.74) is 0. The van der Waals surface area contributed by atoms with Gasteiger partial charge in [0.2, 0.25) is 0 Å². The summed E-state index contributed by atoms with van der Waals surface area (Å²) in [5.74, 6) is -0.0900. The molecule has 13 heavy (non-hydrogen) atoms. The van der Waals surface area contributed by atoms with E-state index < -0.39 is 0 Å². The van der Waals surface area contributed by atoms with Gasteiger partial charge in [0.25, 0.3) is 0 Å². The third kappa shape index (κ3) is 1.27. The second-order valence-electron chi connectivity index (χ2n) is 3.83. The van der Waals surface area contributed by atoms with Crippen molar-refractivity contribution in [3.8, 4) is 0 Å². The number of carbonyl (C=O) groups excluding carboxylic acids is 1. The van der Waals surface area contributed by atoms with Crippen LogP contribution >= 0.6 is 0 Å². The zero-order valence-electron chi connectivity index (χ0n) is 7.64. The highest BCUT2D eigenvalue weighted by Crippen LogP contribution is 2.41. The number of esters is 1. The van der Waals surface area contributed by atoms with Crippen LogP contribution in [0.15, 0.2) is 12.2 Å². The first-order valence-corrected chi connectivity index (χ1v) is 4.68. The van der Waals surface area contributed by atoms with E-state index in [9.17, 15) is 9.90 Å². The Balaban J connectivity index is 2.19. The van der Waals surface area contributed by atoms with Crippen LogP contribution in [0.25, 0.3) is 0 Å². The molecule has 1 saturated carbocycles. The third-order valence-corrected chi connectivity index (χ3v) is 3.21. The summed E-state index contributed by atoms with van der Waals surface area (Å²) in [5, 5.41) is 9.76. The van der Waals surface area contributed by atoms with Gasteiger partial charge in [-0.2, -0.15) is 0 Å². The first-order valence-electron chi connectivity index (χ1n) is 4.68. The van der Waals surface area contributed by atoms with Crippen LogP contribution in [0.5, 0.6) is 0 Å². The number of methoxy groups -OCH3 is 1. The van der Waals surface area contributed by atoms with Crippen molar-refractivity contribution in [1.82, 2.24) is 0 Å². The van der Waals surface area contributed by atoms with Gasteiger partial charge in [-0.3, -0.25) is 4.79 Å². The molecule has 1 fully saturated rings. The normalized spacial score (nSPS) is 42.0. The molecule has 2 aliphatic carbocycles. The number of aliphatic hydroxyl groups excluding tert-OH is 1. The molecule has 4 unspecified atom stereocenters. The molecule has 0 aliphatic heterocycles. The number of hydrogen-bond acceptors (Lipinski definition) is 3. The fourth-order valence-electron chi connectivity index (χ4n) is 2.44. The van der Waals surface area contributed by atoms with Crippen LogP contribution in [0.4, 0.5) is 0 Å². The molecule has 2 aliphatic rings. The third-order valence-electron chi connectivity index (χ3n) is 3.21. The van der Waals surface area contributed by atoms with E-state index >= 15 is 0 Å². The van der Waals surface area contributed by atoms with E-state index in [4.69, 9.17) is 0 Å². The molecule has 0 heterocycles. The van der Waals surface area contributed by atoms with Crippen LogP contribution < -0.4 is 0 Å². The Morgan fingerprint density at radius 3 is 2.92 bits per heavy atom. The largest absolute Gasteiger partial charge is 0.469 e. The minimum Gasteiger partial charge on any atom is -0.469 e. The summed E-state index contributed by atoms with van der Waals surface area (Å²) >= 11 is 0. The molecule has 0 aromatic carbocycles. The van der Waals surface area contributed by atoms with Crippen LogP contribution in [0.1, 0.15) is 12.8 Å². The maximum absolute atomic E-state index is 11.3. The summed E-state index contributed by atoms with van der Waals surface area (Å²) in [6.45, 7) is 0. The highest BCUT2D eigenvalue weighted by molar-refractivity contribution is 5.75. The molecule has 3 nitrogen and oxygen atoms in total. The topological polar surface area (TPSA) is 46.5 Å². The minimum atomic E-state index is -0.339. The molecule has 0 amide bonds. The Morgan fingerprint density at radius 1 is 1.46 bits per heavy atom. The van der Waals surface area contributed by atoms with E-state index in [1.807, 2.05) is 12.2 Å². The van der Waals surface area contributed by atoms with E-state index in [0.29, 0.717) is 0 Å². The fourth-order valence-corrected chi connectivity index (χ4v) is 2.44. The Labute approximate surface area is 77.4 Å². The van der Waals surface area contributed by atoms with Gasteiger partial charge in [0, 0.05) is 11.8 Å². The monoisotopic (exact) mass is 182 g/mol. The molecule has 0 aromatic heterocycles. The van der Waals surface area contributed by atoms with Crippen LogP contribution in [-0.4, -0.2) is 24.3 Å². The van der Waals surface area contributed by atoms with Crippen molar-refractivity contribution in [3.05, 3.63) is 12.2 Å². The van der Waals surface area contributed by atoms with Crippen molar-refractivity contribution in [2.24, 2.45) is 17.8 Å². The van der Waals surface area contributed by atoms with Gasteiger partial charge >= 0.3 is 5.97 Å². The second kappa shape index (κ2) is 3.14. The Kier molecular flexibility index (Phi) is 2.12. The van der Waals surface area contributed by atoms with Crippen molar-refractivity contribution >= 4 is 5.97 Å². The summed E-state index contributed by atoms with van der Waals surface area (Å²) in [4.78, 5) is 11.3. The highest BCUT2D eigenvalue weighted by Gasteiger charge is 2.43. The quantitative estimate of drug-likeness (QED) is 0.480. The highest BCUT2D eigenvalue weighted by atomic mass is 16.5. The standard InChI is InChI=1S/C10H14O3/c1-13-10(12)8-5-3-6-2-4-7(8)9(6)11/h3,5-9,11H,2,4H2,1H3. The fraction of sp³-hybridized carbons (Fsp3) is 0.700. The molecular weight excluding hydrogens is 168 g/mol. The Morgan fingerprint density at radius 2 is 2.23 bits per heavy atom. The van der Waals surface area contributed by atoms with Gasteiger partial charge < -0.3 is 9.84 Å². The van der Waals surface area contributed by atoms with E-state index in [1.54, 1.807) is 0 Å². The number of rotatable bonds is 1. The average molecular weight is 182 g/mol. The summed E-state index contributed by atoms with van der Waals surface area (Å²) in [6, 6.07) is 0. The van der Waals surface area contributed by atoms with Gasteiger partial charge in [0.15, 0.2) is 0 Å². The molecule has 0 aromatic rings. The molecule has 72 valence electrons. The summed E-state index contributed by atoms with van der Waals surface area (Å²) in [7, 11) is 1.39. The van der Waals surface area contributed by atoms with Crippen molar-refractivity contribution in [2.75, 3.05) is 7.11 Å². The Bertz CT molecular complexity index is 247. The molecule has 0 saturated heterocycles. The molecule has 2 bridgehead atoms. The van der Waals surface area contributed by atoms with E-state index in [1.165, 1.54) is 7.11 Å². The van der Waals surface area contributed by atoms with Crippen LogP contribution in [0.2, 0.25) is 0 Å². The zero-order chi connectivity index (χ0) is 9.42. The predicted molar refractivity (Wildman–Crippen MR) is 46.9 cm³/mol. The van der Waals surface area contributed by atoms with Crippen molar-refractivity contribution in [2.45, 2.75) is 18.9 Å². The molecule has 4 atom stereocenters. The molecular formula is C10H14O3. The predicted octanol–water partition coefficient (Wildman–Crippen LogP) is 0.732. The summed E-state index contributed by atoms with van der Waals surface area (Å²) in [6.07, 6.45) is 5.43. The van der Waals surface area contributed by atoms with Gasteiger partial charge in [-0.05, 0) is 12.8 Å². The molecule has 0 radical (unpaired) electrons. The number of hydrogen-bond donors (Lipinski definition) is 1. The second-order valence-corrected chi connectivity index (χ2v) is 3.83. The number of ether oxygens (including phenoxy) is 1. The lowest BCUT2D eigenvalue weighted by Crippen LogP contribution is -2.33. The maximum Gasteiger partial charge on any atom is 0.312 e. The van der Waals surface area contributed by atoms with Gasteiger partial charge in [-0.15, -0.1) is 0 Å². The van der Waals surface area contributed by atoms with Crippen LogP contribution in [0.3, 0.4) is 0 Å². The first kappa shape index (κ1) is 8.75. The number of carbonyl (C=O) groups is 1. The average Bonchev–Trinajstić information content (AvgIpc) is 2.41. The number of fused-ring (bicyclic) bond motifs is 2. The molecule has 0 spiro atoms. The summed E-state index contributed by atoms with van der Waals surface area (Å²) < 4.78 is 4.69. The van der Waals surface area contributed by atoms with Gasteiger partial charge in [-0.25, -0.2) is 0 Å². The lowest BCUT2D eigenvalue weighted by atomic mass is 9.83. The number of aliphatic hydroxyl groups is 1. The Hall–Kier alpha value is -0.830. The lowest BCUT2D eigenvalue weighted by molar-refractivity contribution is -0.147.